The molecule has 3 aromatic rings. The van der Waals surface area contributed by atoms with Gasteiger partial charge in [-0.15, -0.1) is 0 Å². The molecule has 3 aromatic carbocycles. The van der Waals surface area contributed by atoms with Crippen molar-refractivity contribution in [1.29, 1.82) is 0 Å². The molecule has 3 rings (SSSR count). The summed E-state index contributed by atoms with van der Waals surface area (Å²) in [5, 5.41) is 3.77. The van der Waals surface area contributed by atoms with Crippen molar-refractivity contribution in [2.24, 2.45) is 0 Å². The second kappa shape index (κ2) is 14.4. The molecule has 0 fully saturated rings. The van der Waals surface area contributed by atoms with Gasteiger partial charge < -0.3 is 15.0 Å². The number of rotatable bonds is 12. The van der Waals surface area contributed by atoms with Crippen molar-refractivity contribution in [3.63, 3.8) is 0 Å². The Morgan fingerprint density at radius 2 is 1.68 bits per heavy atom. The molecule has 8 heteroatoms. The number of carbonyl (C=O) groups is 2. The summed E-state index contributed by atoms with van der Waals surface area (Å²) >= 11 is 15.9. The van der Waals surface area contributed by atoms with E-state index in [2.05, 4.69) is 28.2 Å². The van der Waals surface area contributed by atoms with Gasteiger partial charge in [0.05, 0.1) is 14.5 Å². The molecule has 0 radical (unpaired) electrons. The van der Waals surface area contributed by atoms with Gasteiger partial charge in [-0.25, -0.2) is 0 Å². The van der Waals surface area contributed by atoms with Crippen molar-refractivity contribution in [3.8, 4) is 5.75 Å². The number of aryl methyl sites for hydroxylation is 1. The minimum atomic E-state index is -0.745. The molecule has 1 atom stereocenters. The quantitative estimate of drug-likeness (QED) is 0.245. The summed E-state index contributed by atoms with van der Waals surface area (Å²) in [5.74, 6) is 0.0350. The largest absolute Gasteiger partial charge is 0.483 e. The predicted octanol–water partition coefficient (Wildman–Crippen LogP) is 6.86. The smallest absolute Gasteiger partial charge is 0.261 e. The Balaban J connectivity index is 1.91. The van der Waals surface area contributed by atoms with E-state index in [0.717, 1.165) is 34.0 Å². The van der Waals surface area contributed by atoms with Gasteiger partial charge in [0.2, 0.25) is 5.91 Å². The summed E-state index contributed by atoms with van der Waals surface area (Å²) in [5.41, 5.74) is 2.87. The van der Waals surface area contributed by atoms with Crippen molar-refractivity contribution in [1.82, 2.24) is 10.2 Å². The van der Waals surface area contributed by atoms with E-state index in [0.29, 0.717) is 28.8 Å². The molecule has 0 aliphatic heterocycles. The third-order valence-electron chi connectivity index (χ3n) is 5.91. The number of hydrogen-bond acceptors (Lipinski definition) is 3. The number of hydrogen-bond donors (Lipinski definition) is 1. The van der Waals surface area contributed by atoms with E-state index in [4.69, 9.17) is 27.9 Å². The van der Waals surface area contributed by atoms with Crippen molar-refractivity contribution in [3.05, 3.63) is 97.9 Å². The number of halogens is 3. The van der Waals surface area contributed by atoms with E-state index in [1.54, 1.807) is 23.1 Å². The van der Waals surface area contributed by atoms with E-state index in [1.807, 2.05) is 55.5 Å². The molecule has 0 saturated carbocycles. The molecule has 0 unspecified atom stereocenters. The molecule has 0 aliphatic rings. The van der Waals surface area contributed by atoms with Gasteiger partial charge in [0, 0.05) is 19.5 Å². The molecule has 2 amide bonds. The number of benzene rings is 3. The highest BCUT2D eigenvalue weighted by Gasteiger charge is 2.30. The van der Waals surface area contributed by atoms with Gasteiger partial charge >= 0.3 is 0 Å². The Labute approximate surface area is 237 Å². The zero-order valence-corrected chi connectivity index (χ0v) is 24.1. The number of nitrogens with one attached hydrogen (secondary N) is 1. The SMILES string of the molecule is CCCNC(=O)[C@@H](Cc1ccccc1)N(Cc1ccc(Cl)c(Cl)c1)C(=O)COc1ccc(CC)cc1Br. The van der Waals surface area contributed by atoms with Crippen LogP contribution in [-0.2, 0) is 29.0 Å². The number of ether oxygens (including phenoxy) is 1. The first kappa shape index (κ1) is 29.0. The average molecular weight is 606 g/mol. The first-order valence-electron chi connectivity index (χ1n) is 12.3. The van der Waals surface area contributed by atoms with Gasteiger partial charge in [-0.05, 0) is 69.7 Å². The second-order valence-corrected chi connectivity index (χ2v) is 10.3. The molecular formula is C29H31BrCl2N2O3. The maximum absolute atomic E-state index is 13.7. The zero-order chi connectivity index (χ0) is 26.8. The molecule has 0 saturated heterocycles. The third kappa shape index (κ3) is 8.49. The Bertz CT molecular complexity index is 1210. The fourth-order valence-corrected chi connectivity index (χ4v) is 4.72. The van der Waals surface area contributed by atoms with Crippen LogP contribution in [0.15, 0.2) is 71.2 Å². The first-order valence-corrected chi connectivity index (χ1v) is 13.8. The van der Waals surface area contributed by atoms with Gasteiger partial charge in [0.15, 0.2) is 6.61 Å². The van der Waals surface area contributed by atoms with Gasteiger partial charge in [-0.2, -0.15) is 0 Å². The normalized spacial score (nSPS) is 11.6. The highest BCUT2D eigenvalue weighted by atomic mass is 79.9. The topological polar surface area (TPSA) is 58.6 Å². The van der Waals surface area contributed by atoms with Crippen LogP contribution in [0.4, 0.5) is 0 Å². The molecule has 37 heavy (non-hydrogen) atoms. The molecule has 1 N–H and O–H groups in total. The van der Waals surface area contributed by atoms with Crippen LogP contribution in [0.2, 0.25) is 10.0 Å². The molecule has 196 valence electrons. The summed E-state index contributed by atoms with van der Waals surface area (Å²) in [7, 11) is 0. The molecule has 0 bridgehead atoms. The van der Waals surface area contributed by atoms with Crippen LogP contribution >= 0.6 is 39.1 Å². The Hall–Kier alpha value is -2.54. The summed E-state index contributed by atoms with van der Waals surface area (Å²) < 4.78 is 6.68. The van der Waals surface area contributed by atoms with Crippen molar-refractivity contribution in [2.45, 2.75) is 45.7 Å². The molecule has 5 nitrogen and oxygen atoms in total. The van der Waals surface area contributed by atoms with Crippen LogP contribution in [0.5, 0.6) is 5.75 Å². The van der Waals surface area contributed by atoms with E-state index < -0.39 is 6.04 Å². The summed E-state index contributed by atoms with van der Waals surface area (Å²) in [6.45, 7) is 4.53. The average Bonchev–Trinajstić information content (AvgIpc) is 2.90. The van der Waals surface area contributed by atoms with Crippen LogP contribution in [0.1, 0.15) is 37.0 Å². The highest BCUT2D eigenvalue weighted by molar-refractivity contribution is 9.10. The Morgan fingerprint density at radius 1 is 0.946 bits per heavy atom. The molecule has 0 aromatic heterocycles. The van der Waals surface area contributed by atoms with Crippen LogP contribution < -0.4 is 10.1 Å². The predicted molar refractivity (Wildman–Crippen MR) is 153 cm³/mol. The molecule has 0 heterocycles. The van der Waals surface area contributed by atoms with Crippen LogP contribution in [0.25, 0.3) is 0 Å². The number of amides is 2. The summed E-state index contributed by atoms with van der Waals surface area (Å²) in [4.78, 5) is 28.6. The van der Waals surface area contributed by atoms with Crippen LogP contribution in [-0.4, -0.2) is 35.9 Å². The van der Waals surface area contributed by atoms with E-state index in [1.165, 1.54) is 0 Å². The lowest BCUT2D eigenvalue weighted by molar-refractivity contribution is -0.142. The number of carbonyl (C=O) groups excluding carboxylic acids is 2. The molecule has 0 spiro atoms. The second-order valence-electron chi connectivity index (χ2n) is 8.67. The van der Waals surface area contributed by atoms with E-state index in [-0.39, 0.29) is 25.0 Å². The highest BCUT2D eigenvalue weighted by Crippen LogP contribution is 2.27. The van der Waals surface area contributed by atoms with Crippen LogP contribution in [0.3, 0.4) is 0 Å². The molecular weight excluding hydrogens is 575 g/mol. The van der Waals surface area contributed by atoms with E-state index >= 15 is 0 Å². The molecule has 0 aliphatic carbocycles. The Kier molecular flexibility index (Phi) is 11.3. The van der Waals surface area contributed by atoms with Crippen molar-refractivity contribution >= 4 is 50.9 Å². The monoisotopic (exact) mass is 604 g/mol. The lowest BCUT2D eigenvalue weighted by Crippen LogP contribution is -2.51. The lowest BCUT2D eigenvalue weighted by Gasteiger charge is -2.31. The van der Waals surface area contributed by atoms with Crippen LogP contribution in [0, 0.1) is 0 Å². The minimum absolute atomic E-state index is 0.173. The first-order chi connectivity index (χ1) is 17.8. The fraction of sp³-hybridized carbons (Fsp3) is 0.310. The fourth-order valence-electron chi connectivity index (χ4n) is 3.86. The maximum atomic E-state index is 13.7. The van der Waals surface area contributed by atoms with Crippen molar-refractivity contribution < 1.29 is 14.3 Å². The van der Waals surface area contributed by atoms with Crippen molar-refractivity contribution in [2.75, 3.05) is 13.2 Å². The lowest BCUT2D eigenvalue weighted by atomic mass is 10.0. The van der Waals surface area contributed by atoms with Gasteiger partial charge in [-0.1, -0.05) is 79.5 Å². The number of nitrogens with zero attached hydrogens (tertiary/aromatic N) is 1. The summed E-state index contributed by atoms with van der Waals surface area (Å²) in [6, 6.07) is 19.9. The Morgan fingerprint density at radius 3 is 2.32 bits per heavy atom. The standard InChI is InChI=1S/C29H31BrCl2N2O3/c1-3-14-33-29(36)26(17-21-8-6-5-7-9-21)34(18-22-10-12-24(31)25(32)16-22)28(35)19-37-27-13-11-20(4-2)15-23(27)30/h5-13,15-16,26H,3-4,14,17-19H2,1-2H3,(H,33,36)/t26-/m1/s1. The third-order valence-corrected chi connectivity index (χ3v) is 7.27. The minimum Gasteiger partial charge on any atom is -0.483 e. The zero-order valence-electron chi connectivity index (χ0n) is 21.0. The maximum Gasteiger partial charge on any atom is 0.261 e. The summed E-state index contributed by atoms with van der Waals surface area (Å²) in [6.07, 6.45) is 2.04. The van der Waals surface area contributed by atoms with Gasteiger partial charge in [-0.3, -0.25) is 9.59 Å². The van der Waals surface area contributed by atoms with Gasteiger partial charge in [0.25, 0.3) is 5.91 Å². The van der Waals surface area contributed by atoms with E-state index in [9.17, 15) is 9.59 Å². The van der Waals surface area contributed by atoms with Gasteiger partial charge in [0.1, 0.15) is 11.8 Å².